The Kier molecular flexibility index (Phi) is 4.92. The van der Waals surface area contributed by atoms with Gasteiger partial charge in [0.25, 0.3) is 0 Å². The molecule has 1 aliphatic rings. The highest BCUT2D eigenvalue weighted by molar-refractivity contribution is 5.68. The Morgan fingerprint density at radius 3 is 2.60 bits per heavy atom. The van der Waals surface area contributed by atoms with Crippen molar-refractivity contribution in [3.63, 3.8) is 0 Å². The van der Waals surface area contributed by atoms with Crippen molar-refractivity contribution in [2.45, 2.75) is 45.3 Å². The summed E-state index contributed by atoms with van der Waals surface area (Å²) in [6, 6.07) is 8.33. The maximum Gasteiger partial charge on any atom is 0.410 e. The number of carbonyl (C=O) groups is 1. The van der Waals surface area contributed by atoms with Gasteiger partial charge in [0.15, 0.2) is 0 Å². The molecule has 25 heavy (non-hydrogen) atoms. The second kappa shape index (κ2) is 7.13. The molecule has 0 aliphatic carbocycles. The first-order valence-corrected chi connectivity index (χ1v) is 8.61. The van der Waals surface area contributed by atoms with Crippen LogP contribution in [0.1, 0.15) is 33.6 Å². The summed E-state index contributed by atoms with van der Waals surface area (Å²) in [6.45, 7) is 7.05. The number of hydrogen-bond acceptors (Lipinski definition) is 5. The Balaban J connectivity index is 1.59. The topological polar surface area (TPSA) is 72.3 Å². The molecule has 2 aromatic rings. The molecule has 1 aliphatic heterocycles. The summed E-state index contributed by atoms with van der Waals surface area (Å²) in [7, 11) is 0. The molecule has 1 aromatic carbocycles. The predicted molar refractivity (Wildman–Crippen MR) is 95.8 cm³/mol. The Hall–Kier alpha value is -2.57. The molecule has 0 atom stereocenters. The summed E-state index contributed by atoms with van der Waals surface area (Å²) >= 11 is 0. The summed E-state index contributed by atoms with van der Waals surface area (Å²) in [6.07, 6.45) is 4.74. The zero-order chi connectivity index (χ0) is 17.9. The van der Waals surface area contributed by atoms with Crippen LogP contribution >= 0.6 is 0 Å². The van der Waals surface area contributed by atoms with Gasteiger partial charge in [-0.05, 0) is 45.7 Å². The number of ether oxygens (including phenoxy) is 1. The lowest BCUT2D eigenvalue weighted by atomic mass is 10.0. The van der Waals surface area contributed by atoms with Crippen LogP contribution in [0.5, 0.6) is 0 Å². The van der Waals surface area contributed by atoms with E-state index >= 15 is 0 Å². The van der Waals surface area contributed by atoms with E-state index in [-0.39, 0.29) is 6.09 Å². The average molecular weight is 343 g/mol. The minimum absolute atomic E-state index is 0.228. The minimum atomic E-state index is -0.455. The van der Waals surface area contributed by atoms with Crippen LogP contribution in [0.3, 0.4) is 0 Å². The molecule has 0 bridgehead atoms. The molecule has 1 amide bonds. The van der Waals surface area contributed by atoms with E-state index < -0.39 is 5.60 Å². The van der Waals surface area contributed by atoms with Crippen LogP contribution in [0.4, 0.5) is 10.5 Å². The number of para-hydroxylation sites is 2. The van der Waals surface area contributed by atoms with E-state index in [2.05, 4.69) is 15.4 Å². The molecule has 2 heterocycles. The van der Waals surface area contributed by atoms with Crippen LogP contribution in [0.2, 0.25) is 0 Å². The third kappa shape index (κ3) is 4.49. The van der Waals surface area contributed by atoms with Crippen LogP contribution in [0.25, 0.3) is 5.69 Å². The van der Waals surface area contributed by atoms with Gasteiger partial charge in [-0.25, -0.2) is 14.5 Å². The highest BCUT2D eigenvalue weighted by Gasteiger charge is 2.27. The van der Waals surface area contributed by atoms with Gasteiger partial charge in [-0.2, -0.15) is 5.10 Å². The van der Waals surface area contributed by atoms with Gasteiger partial charge in [0, 0.05) is 19.1 Å². The smallest absolute Gasteiger partial charge is 0.410 e. The number of likely N-dealkylation sites (tertiary alicyclic amines) is 1. The number of benzene rings is 1. The molecule has 0 radical (unpaired) electrons. The fourth-order valence-electron chi connectivity index (χ4n) is 2.88. The van der Waals surface area contributed by atoms with Crippen molar-refractivity contribution < 1.29 is 9.53 Å². The van der Waals surface area contributed by atoms with Crippen molar-refractivity contribution in [2.75, 3.05) is 18.4 Å². The Labute approximate surface area is 148 Å². The van der Waals surface area contributed by atoms with Crippen molar-refractivity contribution in [1.29, 1.82) is 0 Å². The van der Waals surface area contributed by atoms with E-state index in [1.54, 1.807) is 15.9 Å². The fraction of sp³-hybridized carbons (Fsp3) is 0.500. The molecule has 0 saturated carbocycles. The number of amides is 1. The molecule has 7 nitrogen and oxygen atoms in total. The first-order chi connectivity index (χ1) is 11.9. The molecular weight excluding hydrogens is 318 g/mol. The van der Waals surface area contributed by atoms with E-state index in [0.29, 0.717) is 19.1 Å². The minimum Gasteiger partial charge on any atom is -0.444 e. The Bertz CT molecular complexity index is 701. The van der Waals surface area contributed by atoms with E-state index in [1.807, 2.05) is 45.0 Å². The van der Waals surface area contributed by atoms with Gasteiger partial charge in [0.05, 0.1) is 11.4 Å². The van der Waals surface area contributed by atoms with Crippen LogP contribution in [0.15, 0.2) is 36.9 Å². The highest BCUT2D eigenvalue weighted by Crippen LogP contribution is 2.23. The van der Waals surface area contributed by atoms with Crippen molar-refractivity contribution in [3.8, 4) is 5.69 Å². The van der Waals surface area contributed by atoms with Gasteiger partial charge in [-0.1, -0.05) is 12.1 Å². The fourth-order valence-corrected chi connectivity index (χ4v) is 2.88. The first-order valence-electron chi connectivity index (χ1n) is 8.61. The third-order valence-electron chi connectivity index (χ3n) is 4.08. The zero-order valence-electron chi connectivity index (χ0n) is 15.0. The van der Waals surface area contributed by atoms with E-state index in [4.69, 9.17) is 4.74 Å². The molecule has 0 spiro atoms. The number of nitrogens with one attached hydrogen (secondary N) is 1. The zero-order valence-corrected chi connectivity index (χ0v) is 15.0. The maximum atomic E-state index is 12.2. The standard InChI is InChI=1S/C18H25N5O2/c1-18(2,3)25-17(24)22-10-8-14(9-11-22)21-15-6-4-5-7-16(15)23-13-19-12-20-23/h4-7,12-14,21H,8-11H2,1-3H3. The van der Waals surface area contributed by atoms with E-state index in [9.17, 15) is 4.79 Å². The third-order valence-corrected chi connectivity index (χ3v) is 4.08. The summed E-state index contributed by atoms with van der Waals surface area (Å²) in [5, 5.41) is 7.78. The van der Waals surface area contributed by atoms with Crippen LogP contribution in [-0.2, 0) is 4.74 Å². The lowest BCUT2D eigenvalue weighted by molar-refractivity contribution is 0.0210. The van der Waals surface area contributed by atoms with Crippen LogP contribution in [-0.4, -0.2) is 50.5 Å². The monoisotopic (exact) mass is 343 g/mol. The molecule has 1 aromatic heterocycles. The SMILES string of the molecule is CC(C)(C)OC(=O)N1CCC(Nc2ccccc2-n2cncn2)CC1. The van der Waals surface area contributed by atoms with Gasteiger partial charge in [0.2, 0.25) is 0 Å². The summed E-state index contributed by atoms with van der Waals surface area (Å²) in [5.41, 5.74) is 1.53. The highest BCUT2D eigenvalue weighted by atomic mass is 16.6. The number of anilines is 1. The molecule has 1 saturated heterocycles. The average Bonchev–Trinajstić information content (AvgIpc) is 3.09. The molecule has 1 fully saturated rings. The summed E-state index contributed by atoms with van der Waals surface area (Å²) in [5.74, 6) is 0. The van der Waals surface area contributed by atoms with Crippen molar-refractivity contribution in [1.82, 2.24) is 19.7 Å². The molecule has 134 valence electrons. The van der Waals surface area contributed by atoms with Gasteiger partial charge in [-0.15, -0.1) is 0 Å². The van der Waals surface area contributed by atoms with Crippen LogP contribution < -0.4 is 5.32 Å². The summed E-state index contributed by atoms with van der Waals surface area (Å²) in [4.78, 5) is 17.9. The number of hydrogen-bond donors (Lipinski definition) is 1. The lowest BCUT2D eigenvalue weighted by Gasteiger charge is -2.34. The Morgan fingerprint density at radius 1 is 1.24 bits per heavy atom. The molecule has 7 heteroatoms. The van der Waals surface area contributed by atoms with E-state index in [0.717, 1.165) is 24.2 Å². The molecule has 0 unspecified atom stereocenters. The summed E-state index contributed by atoms with van der Waals surface area (Å²) < 4.78 is 7.19. The number of rotatable bonds is 3. The normalized spacial score (nSPS) is 15.9. The Morgan fingerprint density at radius 2 is 1.96 bits per heavy atom. The maximum absolute atomic E-state index is 12.2. The van der Waals surface area contributed by atoms with E-state index in [1.165, 1.54) is 6.33 Å². The largest absolute Gasteiger partial charge is 0.444 e. The quantitative estimate of drug-likeness (QED) is 0.927. The number of piperidine rings is 1. The van der Waals surface area contributed by atoms with Gasteiger partial charge < -0.3 is 15.0 Å². The van der Waals surface area contributed by atoms with Gasteiger partial charge in [0.1, 0.15) is 18.3 Å². The van der Waals surface area contributed by atoms with Crippen LogP contribution in [0, 0.1) is 0 Å². The predicted octanol–water partition coefficient (Wildman–Crippen LogP) is 3.08. The molecule has 1 N–H and O–H groups in total. The molecule has 3 rings (SSSR count). The van der Waals surface area contributed by atoms with Crippen molar-refractivity contribution in [2.24, 2.45) is 0 Å². The molecular formula is C18H25N5O2. The van der Waals surface area contributed by atoms with Gasteiger partial charge >= 0.3 is 6.09 Å². The second-order valence-electron chi connectivity index (χ2n) is 7.24. The van der Waals surface area contributed by atoms with Gasteiger partial charge in [-0.3, -0.25) is 0 Å². The second-order valence-corrected chi connectivity index (χ2v) is 7.24. The lowest BCUT2D eigenvalue weighted by Crippen LogP contribution is -2.44. The number of aromatic nitrogens is 3. The first kappa shape index (κ1) is 17.3. The van der Waals surface area contributed by atoms with Crippen molar-refractivity contribution in [3.05, 3.63) is 36.9 Å². The van der Waals surface area contributed by atoms with Crippen molar-refractivity contribution >= 4 is 11.8 Å². The number of carbonyl (C=O) groups excluding carboxylic acids is 1. The number of nitrogens with zero attached hydrogens (tertiary/aromatic N) is 4.